The summed E-state index contributed by atoms with van der Waals surface area (Å²) in [6.45, 7) is 1.15. The Morgan fingerprint density at radius 2 is 1.75 bits per heavy atom. The number of carbonyl (C=O) groups excluding carboxylic acids is 1. The van der Waals surface area contributed by atoms with Crippen LogP contribution in [0.4, 0.5) is 5.82 Å². The Hall–Kier alpha value is -2.30. The van der Waals surface area contributed by atoms with Crippen LogP contribution < -0.4 is 14.8 Å². The van der Waals surface area contributed by atoms with Gasteiger partial charge < -0.3 is 10.4 Å². The van der Waals surface area contributed by atoms with Crippen LogP contribution in [0.25, 0.3) is 11.0 Å². The molecule has 0 bridgehead atoms. The second-order valence-electron chi connectivity index (χ2n) is 3.83. The maximum absolute atomic E-state index is 12.2. The molecule has 1 amide bonds. The summed E-state index contributed by atoms with van der Waals surface area (Å²) in [4.78, 5) is 11.1. The van der Waals surface area contributed by atoms with Crippen LogP contribution in [0.1, 0.15) is 12.6 Å². The normalized spacial score (nSPS) is 10.3. The van der Waals surface area contributed by atoms with E-state index in [1.165, 1.54) is 12.1 Å². The first-order chi connectivity index (χ1) is 9.36. The van der Waals surface area contributed by atoms with Crippen molar-refractivity contribution in [1.29, 1.82) is 5.26 Å². The molecule has 7 nitrogen and oxygen atoms in total. The lowest BCUT2D eigenvalue weighted by Gasteiger charge is -2.12. The molecule has 2 rings (SSSR count). The van der Waals surface area contributed by atoms with Crippen LogP contribution in [-0.2, 0) is 4.79 Å². The number of hydrogen-bond acceptors (Lipinski definition) is 4. The van der Waals surface area contributed by atoms with Crippen molar-refractivity contribution in [3.05, 3.63) is 38.3 Å². The Balaban J connectivity index is 2.94. The number of anilines is 1. The van der Waals surface area contributed by atoms with Crippen LogP contribution in [0, 0.1) is 21.7 Å². The number of rotatable bonds is 1. The molecule has 1 N–H and O–H groups in total. The number of halogens is 2. The standard InChI is InChI=1S/C11H6Cl2N4O3/c1-5(18)15-11-10(4-14)16(19)8-2-6(12)7(13)3-9(8)17(11)20/h2-3H,1H3,(H,15,18). The third-order valence-corrected chi connectivity index (χ3v) is 3.21. The third-order valence-electron chi connectivity index (χ3n) is 2.49. The molecule has 0 atom stereocenters. The number of amides is 1. The van der Waals surface area contributed by atoms with Gasteiger partial charge in [-0.1, -0.05) is 23.2 Å². The molecule has 9 heteroatoms. The lowest BCUT2D eigenvalue weighted by atomic mass is 10.2. The van der Waals surface area contributed by atoms with Crippen LogP contribution in [0.2, 0.25) is 10.0 Å². The number of benzene rings is 1. The van der Waals surface area contributed by atoms with Crippen LogP contribution in [0.5, 0.6) is 0 Å². The molecule has 0 saturated heterocycles. The predicted octanol–water partition coefficient (Wildman–Crippen LogP) is 1.24. The molecule has 0 saturated carbocycles. The molecule has 0 fully saturated rings. The first-order valence-electron chi connectivity index (χ1n) is 5.22. The van der Waals surface area contributed by atoms with E-state index in [1.807, 2.05) is 0 Å². The molecule has 0 radical (unpaired) electrons. The highest BCUT2D eigenvalue weighted by Gasteiger charge is 2.28. The van der Waals surface area contributed by atoms with Gasteiger partial charge in [0, 0.05) is 19.1 Å². The van der Waals surface area contributed by atoms with E-state index in [0.29, 0.717) is 0 Å². The van der Waals surface area contributed by atoms with Gasteiger partial charge in [0.05, 0.1) is 10.0 Å². The topological polar surface area (TPSA) is 107 Å². The smallest absolute Gasteiger partial charge is 0.386 e. The highest BCUT2D eigenvalue weighted by atomic mass is 35.5. The van der Waals surface area contributed by atoms with Crippen molar-refractivity contribution in [2.75, 3.05) is 5.32 Å². The molecule has 0 aliphatic rings. The lowest BCUT2D eigenvalue weighted by molar-refractivity contribution is -0.620. The molecule has 0 aliphatic heterocycles. The minimum Gasteiger partial charge on any atom is -0.710 e. The molecule has 1 aromatic heterocycles. The summed E-state index contributed by atoms with van der Waals surface area (Å²) in [6, 6.07) is 3.94. The molecule has 1 aromatic carbocycles. The van der Waals surface area contributed by atoms with E-state index in [0.717, 1.165) is 6.92 Å². The van der Waals surface area contributed by atoms with Gasteiger partial charge in [0.2, 0.25) is 5.52 Å². The van der Waals surface area contributed by atoms with E-state index in [4.69, 9.17) is 28.5 Å². The summed E-state index contributed by atoms with van der Waals surface area (Å²) in [5, 5.41) is 35.5. The van der Waals surface area contributed by atoms with E-state index in [1.54, 1.807) is 6.07 Å². The van der Waals surface area contributed by atoms with Gasteiger partial charge in [-0.05, 0) is 0 Å². The van der Waals surface area contributed by atoms with E-state index < -0.39 is 17.4 Å². The second kappa shape index (κ2) is 5.00. The number of hydrogen-bond donors (Lipinski definition) is 1. The zero-order valence-electron chi connectivity index (χ0n) is 9.98. The van der Waals surface area contributed by atoms with Crippen molar-refractivity contribution >= 4 is 46.0 Å². The highest BCUT2D eigenvalue weighted by Crippen LogP contribution is 2.25. The largest absolute Gasteiger partial charge is 0.710 e. The Kier molecular flexibility index (Phi) is 3.53. The summed E-state index contributed by atoms with van der Waals surface area (Å²) in [6.07, 6.45) is 0. The summed E-state index contributed by atoms with van der Waals surface area (Å²) in [5.41, 5.74) is -0.779. The van der Waals surface area contributed by atoms with Crippen molar-refractivity contribution < 1.29 is 14.3 Å². The third kappa shape index (κ3) is 2.15. The van der Waals surface area contributed by atoms with Crippen LogP contribution in [0.15, 0.2) is 12.1 Å². The minimum absolute atomic E-state index is 0.0694. The number of aromatic nitrogens is 2. The van der Waals surface area contributed by atoms with E-state index >= 15 is 0 Å². The molecule has 0 unspecified atom stereocenters. The molecule has 2 aromatic rings. The number of fused-ring (bicyclic) bond motifs is 1. The Bertz CT molecular complexity index is 786. The summed E-state index contributed by atoms with van der Waals surface area (Å²) in [5.74, 6) is -1.05. The van der Waals surface area contributed by atoms with Crippen molar-refractivity contribution in [1.82, 2.24) is 0 Å². The van der Waals surface area contributed by atoms with Crippen LogP contribution >= 0.6 is 23.2 Å². The Morgan fingerprint density at radius 3 is 2.20 bits per heavy atom. The highest BCUT2D eigenvalue weighted by molar-refractivity contribution is 6.42. The van der Waals surface area contributed by atoms with Gasteiger partial charge in [0.1, 0.15) is 0 Å². The summed E-state index contributed by atoms with van der Waals surface area (Å²) < 4.78 is 0.475. The van der Waals surface area contributed by atoms with Crippen molar-refractivity contribution in [3.8, 4) is 6.07 Å². The van der Waals surface area contributed by atoms with Gasteiger partial charge in [-0.3, -0.25) is 0 Å². The predicted molar refractivity (Wildman–Crippen MR) is 70.9 cm³/mol. The summed E-state index contributed by atoms with van der Waals surface area (Å²) >= 11 is 11.6. The SMILES string of the molecule is CC(=O)Nc1c(C#N)[n+]([O-])c2cc(Cl)c(Cl)cc2[n+]1[O-]. The number of carbonyl (C=O) groups is 1. The first kappa shape index (κ1) is 14.1. The van der Waals surface area contributed by atoms with Crippen molar-refractivity contribution in [2.24, 2.45) is 0 Å². The Labute approximate surface area is 122 Å². The second-order valence-corrected chi connectivity index (χ2v) is 4.65. The number of nitrogens with zero attached hydrogens (tertiary/aromatic N) is 3. The molecular formula is C11H6Cl2N4O3. The van der Waals surface area contributed by atoms with E-state index in [9.17, 15) is 15.2 Å². The molecule has 20 heavy (non-hydrogen) atoms. The zero-order chi connectivity index (χ0) is 15.0. The van der Waals surface area contributed by atoms with E-state index in [2.05, 4.69) is 5.32 Å². The van der Waals surface area contributed by atoms with Gasteiger partial charge in [-0.2, -0.15) is 5.26 Å². The zero-order valence-corrected chi connectivity index (χ0v) is 11.5. The van der Waals surface area contributed by atoms with Crippen LogP contribution in [0.3, 0.4) is 0 Å². The maximum atomic E-state index is 12.2. The maximum Gasteiger partial charge on any atom is 0.386 e. The number of nitriles is 1. The fourth-order valence-corrected chi connectivity index (χ4v) is 1.98. The first-order valence-corrected chi connectivity index (χ1v) is 5.98. The monoisotopic (exact) mass is 312 g/mol. The fraction of sp³-hybridized carbons (Fsp3) is 0.0909. The fourth-order valence-electron chi connectivity index (χ4n) is 1.66. The van der Waals surface area contributed by atoms with E-state index in [-0.39, 0.29) is 30.5 Å². The average molecular weight is 313 g/mol. The number of nitrogens with one attached hydrogen (secondary N) is 1. The van der Waals surface area contributed by atoms with Gasteiger partial charge in [-0.15, -0.1) is 4.73 Å². The van der Waals surface area contributed by atoms with Gasteiger partial charge >= 0.3 is 17.4 Å². The minimum atomic E-state index is -0.592. The lowest BCUT2D eigenvalue weighted by Crippen LogP contribution is -2.44. The van der Waals surface area contributed by atoms with Gasteiger partial charge in [0.25, 0.3) is 5.52 Å². The quantitative estimate of drug-likeness (QED) is 0.631. The van der Waals surface area contributed by atoms with Gasteiger partial charge in [0.15, 0.2) is 6.07 Å². The Morgan fingerprint density at radius 1 is 1.25 bits per heavy atom. The molecular weight excluding hydrogens is 307 g/mol. The molecule has 0 aliphatic carbocycles. The van der Waals surface area contributed by atoms with Crippen LogP contribution in [-0.4, -0.2) is 5.91 Å². The van der Waals surface area contributed by atoms with Crippen molar-refractivity contribution in [3.63, 3.8) is 0 Å². The molecule has 102 valence electrons. The van der Waals surface area contributed by atoms with Gasteiger partial charge in [-0.25, -0.2) is 14.8 Å². The molecule has 0 spiro atoms. The molecule has 1 heterocycles. The van der Waals surface area contributed by atoms with Crippen molar-refractivity contribution in [2.45, 2.75) is 6.92 Å². The average Bonchev–Trinajstić information content (AvgIpc) is 2.38. The summed E-state index contributed by atoms with van der Waals surface area (Å²) in [7, 11) is 0.